The zero-order chi connectivity index (χ0) is 15.1. The topological polar surface area (TPSA) is 71.9 Å². The molecule has 0 spiro atoms. The van der Waals surface area contributed by atoms with Crippen molar-refractivity contribution in [3.63, 3.8) is 0 Å². The van der Waals surface area contributed by atoms with E-state index in [1.165, 1.54) is 6.26 Å². The van der Waals surface area contributed by atoms with Crippen LogP contribution in [-0.4, -0.2) is 40.4 Å². The van der Waals surface area contributed by atoms with Gasteiger partial charge in [-0.25, -0.2) is 8.42 Å². The second-order valence-electron chi connectivity index (χ2n) is 4.81. The number of fused-ring (bicyclic) bond motifs is 1. The number of aromatic nitrogens is 2. The fraction of sp³-hybridized carbons (Fsp3) is 0.417. The summed E-state index contributed by atoms with van der Waals surface area (Å²) in [6.07, 6.45) is 2.80. The van der Waals surface area contributed by atoms with Gasteiger partial charge in [-0.05, 0) is 31.3 Å². The molecule has 0 saturated carbocycles. The maximum Gasteiger partial charge on any atom is 0.178 e. The van der Waals surface area contributed by atoms with E-state index in [1.54, 1.807) is 18.4 Å². The van der Waals surface area contributed by atoms with Gasteiger partial charge < -0.3 is 9.55 Å². The predicted octanol–water partition coefficient (Wildman–Crippen LogP) is 2.04. The molecule has 20 heavy (non-hydrogen) atoms. The standard InChI is InChI=1S/C12H16N2O3S3/c1-8(7-19(2)15)14-9-5-4-6-10(20(3,16)17)11(9)13-12(14)18/h4-6,8H,7H2,1-3H3,(H,13,18). The highest BCUT2D eigenvalue weighted by Gasteiger charge is 2.18. The van der Waals surface area contributed by atoms with E-state index in [0.717, 1.165) is 5.52 Å². The summed E-state index contributed by atoms with van der Waals surface area (Å²) in [7, 11) is -4.29. The number of nitrogens with zero attached hydrogens (tertiary/aromatic N) is 1. The minimum atomic E-state index is -3.33. The van der Waals surface area contributed by atoms with Gasteiger partial charge in [-0.2, -0.15) is 0 Å². The monoisotopic (exact) mass is 332 g/mol. The summed E-state index contributed by atoms with van der Waals surface area (Å²) < 4.78 is 37.2. The number of benzene rings is 1. The van der Waals surface area contributed by atoms with Crippen LogP contribution in [0.25, 0.3) is 11.0 Å². The highest BCUT2D eigenvalue weighted by Crippen LogP contribution is 2.25. The summed E-state index contributed by atoms with van der Waals surface area (Å²) in [5, 5.41) is 0. The average Bonchev–Trinajstić information content (AvgIpc) is 2.61. The first kappa shape index (κ1) is 15.4. The molecule has 1 aromatic carbocycles. The third-order valence-corrected chi connectivity index (χ3v) is 5.42. The lowest BCUT2D eigenvalue weighted by Gasteiger charge is -2.13. The van der Waals surface area contributed by atoms with Gasteiger partial charge in [-0.3, -0.25) is 4.21 Å². The van der Waals surface area contributed by atoms with Gasteiger partial charge in [0, 0.05) is 35.1 Å². The predicted molar refractivity (Wildman–Crippen MR) is 83.9 cm³/mol. The molecule has 2 aromatic rings. The number of para-hydroxylation sites is 1. The van der Waals surface area contributed by atoms with Gasteiger partial charge in [-0.15, -0.1) is 0 Å². The molecule has 2 unspecified atom stereocenters. The molecule has 0 amide bonds. The fourth-order valence-corrected chi connectivity index (χ4v) is 4.34. The molecule has 1 heterocycles. The number of nitrogens with one attached hydrogen (secondary N) is 1. The third-order valence-electron chi connectivity index (χ3n) is 3.03. The number of aromatic amines is 1. The van der Waals surface area contributed by atoms with Crippen molar-refractivity contribution in [1.82, 2.24) is 9.55 Å². The Hall–Kier alpha value is -0.990. The van der Waals surface area contributed by atoms with Gasteiger partial charge in [0.05, 0.1) is 15.9 Å². The number of hydrogen-bond acceptors (Lipinski definition) is 4. The third kappa shape index (κ3) is 2.87. The molecular formula is C12H16N2O3S3. The van der Waals surface area contributed by atoms with Crippen molar-refractivity contribution in [2.24, 2.45) is 0 Å². The highest BCUT2D eigenvalue weighted by molar-refractivity contribution is 7.91. The Bertz CT molecular complexity index is 833. The van der Waals surface area contributed by atoms with Crippen LogP contribution >= 0.6 is 12.2 Å². The zero-order valence-electron chi connectivity index (χ0n) is 11.4. The number of hydrogen-bond donors (Lipinski definition) is 1. The molecule has 0 aliphatic carbocycles. The van der Waals surface area contributed by atoms with Crippen LogP contribution in [-0.2, 0) is 20.6 Å². The Morgan fingerprint density at radius 1 is 1.45 bits per heavy atom. The lowest BCUT2D eigenvalue weighted by molar-refractivity contribution is 0.601. The zero-order valence-corrected chi connectivity index (χ0v) is 13.9. The lowest BCUT2D eigenvalue weighted by Crippen LogP contribution is -2.12. The van der Waals surface area contributed by atoms with Crippen molar-refractivity contribution in [2.75, 3.05) is 18.3 Å². The van der Waals surface area contributed by atoms with Gasteiger partial charge in [-0.1, -0.05) is 6.07 Å². The van der Waals surface area contributed by atoms with Crippen molar-refractivity contribution in [3.05, 3.63) is 23.0 Å². The molecule has 2 rings (SSSR count). The quantitative estimate of drug-likeness (QED) is 0.870. The largest absolute Gasteiger partial charge is 0.329 e. The van der Waals surface area contributed by atoms with Crippen LogP contribution < -0.4 is 0 Å². The van der Waals surface area contributed by atoms with Crippen LogP contribution in [0.15, 0.2) is 23.1 Å². The van der Waals surface area contributed by atoms with Gasteiger partial charge in [0.1, 0.15) is 0 Å². The van der Waals surface area contributed by atoms with Crippen LogP contribution in [0.1, 0.15) is 13.0 Å². The molecule has 0 fully saturated rings. The molecule has 0 aliphatic rings. The van der Waals surface area contributed by atoms with Crippen molar-refractivity contribution in [1.29, 1.82) is 0 Å². The average molecular weight is 332 g/mol. The molecule has 0 aliphatic heterocycles. The van der Waals surface area contributed by atoms with Crippen LogP contribution in [0.5, 0.6) is 0 Å². The second-order valence-corrected chi connectivity index (χ2v) is 8.66. The smallest absolute Gasteiger partial charge is 0.178 e. The van der Waals surface area contributed by atoms with Crippen molar-refractivity contribution < 1.29 is 12.6 Å². The minimum absolute atomic E-state index is 0.0723. The summed E-state index contributed by atoms with van der Waals surface area (Å²) in [6, 6.07) is 4.98. The Labute approximate surface area is 125 Å². The molecule has 2 atom stereocenters. The van der Waals surface area contributed by atoms with Gasteiger partial charge in [0.15, 0.2) is 14.6 Å². The number of imidazole rings is 1. The van der Waals surface area contributed by atoms with Crippen LogP contribution in [0.4, 0.5) is 0 Å². The van der Waals surface area contributed by atoms with E-state index in [1.807, 2.05) is 17.6 Å². The normalized spacial score (nSPS) is 15.3. The van der Waals surface area contributed by atoms with Crippen LogP contribution in [0.2, 0.25) is 0 Å². The molecule has 110 valence electrons. The van der Waals surface area contributed by atoms with Gasteiger partial charge >= 0.3 is 0 Å². The van der Waals surface area contributed by atoms with E-state index in [0.29, 0.717) is 16.0 Å². The van der Waals surface area contributed by atoms with E-state index in [4.69, 9.17) is 12.2 Å². The van der Waals surface area contributed by atoms with Crippen molar-refractivity contribution in [3.8, 4) is 0 Å². The van der Waals surface area contributed by atoms with Gasteiger partial charge in [0.2, 0.25) is 0 Å². The fourth-order valence-electron chi connectivity index (χ4n) is 2.28. The maximum absolute atomic E-state index is 11.8. The van der Waals surface area contributed by atoms with Crippen molar-refractivity contribution >= 4 is 43.9 Å². The van der Waals surface area contributed by atoms with E-state index in [9.17, 15) is 12.6 Å². The Morgan fingerprint density at radius 3 is 2.65 bits per heavy atom. The Balaban J connectivity index is 2.74. The SMILES string of the molecule is CC(CS(C)=O)n1c(=S)[nH]c2c(S(C)(=O)=O)cccc21. The van der Waals surface area contributed by atoms with E-state index in [-0.39, 0.29) is 10.9 Å². The lowest BCUT2D eigenvalue weighted by atomic mass is 10.3. The summed E-state index contributed by atoms with van der Waals surface area (Å²) in [4.78, 5) is 3.18. The molecule has 0 bridgehead atoms. The number of rotatable bonds is 4. The van der Waals surface area contributed by atoms with Crippen LogP contribution in [0, 0.1) is 4.77 Å². The molecule has 1 N–H and O–H groups in total. The van der Waals surface area contributed by atoms with E-state index < -0.39 is 20.6 Å². The first-order valence-corrected chi connectivity index (χ1v) is 9.98. The summed E-state index contributed by atoms with van der Waals surface area (Å²) in [6.45, 7) is 1.91. The molecular weight excluding hydrogens is 316 g/mol. The molecule has 0 radical (unpaired) electrons. The molecule has 1 aromatic heterocycles. The first-order valence-electron chi connectivity index (χ1n) is 5.95. The van der Waals surface area contributed by atoms with E-state index >= 15 is 0 Å². The minimum Gasteiger partial charge on any atom is -0.329 e. The first-order chi connectivity index (χ1) is 9.21. The molecule has 5 nitrogen and oxygen atoms in total. The maximum atomic E-state index is 11.8. The van der Waals surface area contributed by atoms with Crippen LogP contribution in [0.3, 0.4) is 0 Å². The Kier molecular flexibility index (Phi) is 4.17. The summed E-state index contributed by atoms with van der Waals surface area (Å²) >= 11 is 5.28. The highest BCUT2D eigenvalue weighted by atomic mass is 32.2. The summed E-state index contributed by atoms with van der Waals surface area (Å²) in [5.41, 5.74) is 1.23. The number of sulfone groups is 1. The Morgan fingerprint density at radius 2 is 2.10 bits per heavy atom. The second kappa shape index (κ2) is 5.42. The van der Waals surface area contributed by atoms with Crippen molar-refractivity contribution in [2.45, 2.75) is 17.9 Å². The number of H-pyrrole nitrogens is 1. The van der Waals surface area contributed by atoms with E-state index in [2.05, 4.69) is 4.98 Å². The summed E-state index contributed by atoms with van der Waals surface area (Å²) in [5.74, 6) is 0.463. The van der Waals surface area contributed by atoms with Gasteiger partial charge in [0.25, 0.3) is 0 Å². The molecule has 8 heteroatoms. The molecule has 0 saturated heterocycles.